The molecule has 0 saturated carbocycles. The van der Waals surface area contributed by atoms with Gasteiger partial charge in [0.25, 0.3) is 0 Å². The van der Waals surface area contributed by atoms with Gasteiger partial charge in [-0.25, -0.2) is 9.97 Å². The summed E-state index contributed by atoms with van der Waals surface area (Å²) in [5.41, 5.74) is 12.0. The van der Waals surface area contributed by atoms with E-state index >= 15 is 0 Å². The van der Waals surface area contributed by atoms with Gasteiger partial charge in [0, 0.05) is 12.3 Å². The van der Waals surface area contributed by atoms with Crippen LogP contribution in [0.3, 0.4) is 0 Å². The van der Waals surface area contributed by atoms with Crippen LogP contribution in [0.4, 0.5) is 11.6 Å². The number of nitrogens with zero attached hydrogens (tertiary/aromatic N) is 2. The fourth-order valence-corrected chi connectivity index (χ4v) is 1.38. The molecule has 0 saturated heterocycles. The van der Waals surface area contributed by atoms with Gasteiger partial charge in [-0.15, -0.1) is 0 Å². The molecule has 6 N–H and O–H groups in total. The summed E-state index contributed by atoms with van der Waals surface area (Å²) in [5.74, 6) is 0.959. The zero-order valence-corrected chi connectivity index (χ0v) is 9.45. The molecule has 0 atom stereocenters. The molecule has 0 fully saturated rings. The number of nitrogen functional groups attached to an aromatic ring is 1. The predicted octanol–water partition coefficient (Wildman–Crippen LogP) is 0.597. The van der Waals surface area contributed by atoms with Crippen LogP contribution in [-0.4, -0.2) is 28.8 Å². The zero-order chi connectivity index (χ0) is 12.0. The Morgan fingerprint density at radius 2 is 2.19 bits per heavy atom. The summed E-state index contributed by atoms with van der Waals surface area (Å²) in [6.07, 6.45) is 3.33. The van der Waals surface area contributed by atoms with Crippen molar-refractivity contribution < 1.29 is 0 Å². The summed E-state index contributed by atoms with van der Waals surface area (Å²) in [4.78, 5) is 7.96. The van der Waals surface area contributed by atoms with Crippen molar-refractivity contribution in [1.82, 2.24) is 9.97 Å². The van der Waals surface area contributed by atoms with Crippen molar-refractivity contribution in [2.45, 2.75) is 19.8 Å². The third kappa shape index (κ3) is 3.16. The van der Waals surface area contributed by atoms with Gasteiger partial charge in [-0.05, 0) is 26.3 Å². The monoisotopic (exact) mass is 222 g/mol. The number of hydrogen-bond donors (Lipinski definition) is 4. The van der Waals surface area contributed by atoms with Gasteiger partial charge in [0.05, 0.1) is 5.56 Å². The standard InChI is InChI=1S/C10H18N6/c1-7(12)8-9(13)15-6-16-10(8)14-5-3-2-4-11/h6,12H,2-5,11H2,1H3,(H3,13,14,15,16). The van der Waals surface area contributed by atoms with Gasteiger partial charge in [-0.2, -0.15) is 0 Å². The third-order valence-corrected chi connectivity index (χ3v) is 2.17. The van der Waals surface area contributed by atoms with E-state index in [4.69, 9.17) is 16.9 Å². The van der Waals surface area contributed by atoms with Crippen LogP contribution in [0.1, 0.15) is 25.3 Å². The van der Waals surface area contributed by atoms with Gasteiger partial charge in [0.1, 0.15) is 18.0 Å². The van der Waals surface area contributed by atoms with Crippen molar-refractivity contribution in [3.8, 4) is 0 Å². The highest BCUT2D eigenvalue weighted by Crippen LogP contribution is 2.17. The fraction of sp³-hybridized carbons (Fsp3) is 0.500. The lowest BCUT2D eigenvalue weighted by Gasteiger charge is -2.10. The number of hydrogen-bond acceptors (Lipinski definition) is 6. The molecule has 0 aliphatic carbocycles. The second kappa shape index (κ2) is 6.02. The lowest BCUT2D eigenvalue weighted by atomic mass is 10.2. The first kappa shape index (κ1) is 12.4. The highest BCUT2D eigenvalue weighted by molar-refractivity contribution is 6.04. The molecule has 0 unspecified atom stereocenters. The van der Waals surface area contributed by atoms with Crippen LogP contribution >= 0.6 is 0 Å². The Morgan fingerprint density at radius 3 is 2.81 bits per heavy atom. The van der Waals surface area contributed by atoms with E-state index in [-0.39, 0.29) is 0 Å². The van der Waals surface area contributed by atoms with Crippen LogP contribution in [0.25, 0.3) is 0 Å². The first-order valence-corrected chi connectivity index (χ1v) is 5.26. The zero-order valence-electron chi connectivity index (χ0n) is 9.45. The molecule has 0 aromatic carbocycles. The molecule has 88 valence electrons. The molecular formula is C10H18N6. The summed E-state index contributed by atoms with van der Waals surface area (Å²) in [7, 11) is 0. The fourth-order valence-electron chi connectivity index (χ4n) is 1.38. The van der Waals surface area contributed by atoms with Crippen LogP contribution in [-0.2, 0) is 0 Å². The predicted molar refractivity (Wildman–Crippen MR) is 65.7 cm³/mol. The van der Waals surface area contributed by atoms with E-state index in [1.165, 1.54) is 6.33 Å². The topological polar surface area (TPSA) is 114 Å². The molecular weight excluding hydrogens is 204 g/mol. The molecule has 6 heteroatoms. The van der Waals surface area contributed by atoms with Crippen molar-refractivity contribution in [3.05, 3.63) is 11.9 Å². The largest absolute Gasteiger partial charge is 0.383 e. The molecule has 0 bridgehead atoms. The molecule has 16 heavy (non-hydrogen) atoms. The van der Waals surface area contributed by atoms with Crippen LogP contribution in [0.15, 0.2) is 6.33 Å². The van der Waals surface area contributed by atoms with Gasteiger partial charge in [-0.1, -0.05) is 0 Å². The SMILES string of the molecule is CC(=N)c1c(N)ncnc1NCCCCN. The number of aromatic nitrogens is 2. The molecule has 0 aliphatic rings. The minimum absolute atomic E-state index is 0.337. The smallest absolute Gasteiger partial charge is 0.140 e. The van der Waals surface area contributed by atoms with E-state index in [2.05, 4.69) is 15.3 Å². The molecule has 1 heterocycles. The lowest BCUT2D eigenvalue weighted by molar-refractivity contribution is 0.772. The summed E-state index contributed by atoms with van der Waals surface area (Å²) in [6, 6.07) is 0. The van der Waals surface area contributed by atoms with E-state index in [0.29, 0.717) is 29.5 Å². The number of nitrogens with one attached hydrogen (secondary N) is 2. The summed E-state index contributed by atoms with van der Waals surface area (Å²) < 4.78 is 0. The van der Waals surface area contributed by atoms with Crippen molar-refractivity contribution in [2.24, 2.45) is 5.73 Å². The van der Waals surface area contributed by atoms with Crippen LogP contribution in [0.2, 0.25) is 0 Å². The normalized spacial score (nSPS) is 10.1. The maximum Gasteiger partial charge on any atom is 0.140 e. The Bertz CT molecular complexity index is 362. The first-order valence-electron chi connectivity index (χ1n) is 5.26. The minimum Gasteiger partial charge on any atom is -0.383 e. The van der Waals surface area contributed by atoms with E-state index < -0.39 is 0 Å². The number of rotatable bonds is 6. The van der Waals surface area contributed by atoms with Gasteiger partial charge < -0.3 is 22.2 Å². The molecule has 6 nitrogen and oxygen atoms in total. The Balaban J connectivity index is 2.71. The minimum atomic E-state index is 0.337. The number of anilines is 2. The second-order valence-electron chi connectivity index (χ2n) is 3.53. The maximum absolute atomic E-state index is 7.61. The van der Waals surface area contributed by atoms with Gasteiger partial charge >= 0.3 is 0 Å². The van der Waals surface area contributed by atoms with E-state index in [0.717, 1.165) is 19.4 Å². The maximum atomic E-state index is 7.61. The van der Waals surface area contributed by atoms with Crippen molar-refractivity contribution >= 4 is 17.3 Å². The van der Waals surface area contributed by atoms with Gasteiger partial charge in [-0.3, -0.25) is 0 Å². The Morgan fingerprint density at radius 1 is 1.44 bits per heavy atom. The van der Waals surface area contributed by atoms with E-state index in [1.54, 1.807) is 6.92 Å². The average Bonchev–Trinajstić information content (AvgIpc) is 2.24. The molecule has 0 amide bonds. The molecule has 0 aliphatic heterocycles. The quantitative estimate of drug-likeness (QED) is 0.415. The van der Waals surface area contributed by atoms with Crippen molar-refractivity contribution in [3.63, 3.8) is 0 Å². The van der Waals surface area contributed by atoms with E-state index in [9.17, 15) is 0 Å². The number of unbranched alkanes of at least 4 members (excludes halogenated alkanes) is 1. The summed E-state index contributed by atoms with van der Waals surface area (Å²) in [6.45, 7) is 3.12. The average molecular weight is 222 g/mol. The van der Waals surface area contributed by atoms with Crippen molar-refractivity contribution in [1.29, 1.82) is 5.41 Å². The molecule has 1 aromatic heterocycles. The first-order chi connectivity index (χ1) is 7.66. The van der Waals surface area contributed by atoms with Crippen LogP contribution in [0, 0.1) is 5.41 Å². The highest BCUT2D eigenvalue weighted by atomic mass is 15.0. The second-order valence-corrected chi connectivity index (χ2v) is 3.53. The molecule has 1 aromatic rings. The summed E-state index contributed by atoms with van der Waals surface area (Å²) >= 11 is 0. The van der Waals surface area contributed by atoms with Crippen molar-refractivity contribution in [2.75, 3.05) is 24.1 Å². The third-order valence-electron chi connectivity index (χ3n) is 2.17. The Hall–Kier alpha value is -1.69. The molecule has 1 rings (SSSR count). The lowest BCUT2D eigenvalue weighted by Crippen LogP contribution is -2.12. The van der Waals surface area contributed by atoms with Crippen LogP contribution in [0.5, 0.6) is 0 Å². The van der Waals surface area contributed by atoms with Gasteiger partial charge in [0.15, 0.2) is 0 Å². The highest BCUT2D eigenvalue weighted by Gasteiger charge is 2.10. The van der Waals surface area contributed by atoms with E-state index in [1.807, 2.05) is 0 Å². The Kier molecular flexibility index (Phi) is 4.65. The number of nitrogens with two attached hydrogens (primary N) is 2. The van der Waals surface area contributed by atoms with Crippen LogP contribution < -0.4 is 16.8 Å². The summed E-state index contributed by atoms with van der Waals surface area (Å²) in [5, 5.41) is 10.8. The molecule has 0 radical (unpaired) electrons. The Labute approximate surface area is 95.0 Å². The molecule has 0 spiro atoms. The van der Waals surface area contributed by atoms with Gasteiger partial charge in [0.2, 0.25) is 0 Å².